The summed E-state index contributed by atoms with van der Waals surface area (Å²) in [5, 5.41) is 9.89. The van der Waals surface area contributed by atoms with E-state index in [1.807, 2.05) is 24.3 Å². The molecule has 0 saturated heterocycles. The number of nitrogens with zero attached hydrogens (tertiary/aromatic N) is 3. The van der Waals surface area contributed by atoms with Crippen LogP contribution in [0.25, 0.3) is 11.0 Å². The van der Waals surface area contributed by atoms with Crippen LogP contribution >= 0.6 is 11.3 Å². The second-order valence-electron chi connectivity index (χ2n) is 10.3. The summed E-state index contributed by atoms with van der Waals surface area (Å²) in [6.07, 6.45) is 0.734. The quantitative estimate of drug-likeness (QED) is 0.348. The molecule has 4 aromatic rings. The summed E-state index contributed by atoms with van der Waals surface area (Å²) < 4.78 is 19.9. The van der Waals surface area contributed by atoms with Gasteiger partial charge in [-0.05, 0) is 40.7 Å². The van der Waals surface area contributed by atoms with E-state index in [1.54, 1.807) is 0 Å². The molecule has 0 fully saturated rings. The van der Waals surface area contributed by atoms with Crippen LogP contribution in [0.1, 0.15) is 72.9 Å². The lowest BCUT2D eigenvalue weighted by atomic mass is 9.86. The highest BCUT2D eigenvalue weighted by Gasteiger charge is 2.45. The molecule has 1 aliphatic rings. The summed E-state index contributed by atoms with van der Waals surface area (Å²) >= 11 is 1.33. The van der Waals surface area contributed by atoms with Gasteiger partial charge in [0.15, 0.2) is 5.43 Å². The summed E-state index contributed by atoms with van der Waals surface area (Å²) in [5.74, 6) is -0.661. The van der Waals surface area contributed by atoms with Crippen LogP contribution in [0.5, 0.6) is 0 Å². The second-order valence-corrected chi connectivity index (χ2v) is 11.4. The number of aromatic nitrogens is 2. The van der Waals surface area contributed by atoms with Crippen molar-refractivity contribution in [1.82, 2.24) is 10.2 Å². The first kappa shape index (κ1) is 23.4. The van der Waals surface area contributed by atoms with Gasteiger partial charge in [-0.25, -0.2) is 4.39 Å². The van der Waals surface area contributed by atoms with Gasteiger partial charge in [-0.15, -0.1) is 10.2 Å². The maximum atomic E-state index is 14.0. The first-order valence-electron chi connectivity index (χ1n) is 11.6. The number of carbonyl (C=O) groups is 1. The van der Waals surface area contributed by atoms with Crippen LogP contribution in [0.3, 0.4) is 0 Å². The van der Waals surface area contributed by atoms with Crippen molar-refractivity contribution >= 4 is 33.3 Å². The molecule has 180 valence electrons. The molecule has 0 saturated carbocycles. The number of hydrogen-bond donors (Lipinski definition) is 0. The molecule has 0 N–H and O–H groups in total. The number of fused-ring (bicyclic) bond motifs is 2. The van der Waals surface area contributed by atoms with Gasteiger partial charge in [0, 0.05) is 6.42 Å². The van der Waals surface area contributed by atoms with Crippen molar-refractivity contribution in [2.24, 2.45) is 5.92 Å². The second kappa shape index (κ2) is 8.37. The summed E-state index contributed by atoms with van der Waals surface area (Å²) in [7, 11) is 0. The number of amides is 1. The molecule has 0 bridgehead atoms. The Kier molecular flexibility index (Phi) is 5.59. The Morgan fingerprint density at radius 2 is 1.80 bits per heavy atom. The number of benzene rings is 2. The fourth-order valence-corrected chi connectivity index (χ4v) is 5.47. The van der Waals surface area contributed by atoms with Gasteiger partial charge in [-0.2, -0.15) is 0 Å². The summed E-state index contributed by atoms with van der Waals surface area (Å²) in [5.41, 5.74) is 1.75. The van der Waals surface area contributed by atoms with Gasteiger partial charge in [0.05, 0.1) is 17.0 Å². The number of hydrogen-bond acceptors (Lipinski definition) is 6. The van der Waals surface area contributed by atoms with E-state index in [1.165, 1.54) is 28.4 Å². The van der Waals surface area contributed by atoms with Gasteiger partial charge in [-0.3, -0.25) is 14.5 Å². The predicted octanol–water partition coefficient (Wildman–Crippen LogP) is 6.03. The highest BCUT2D eigenvalue weighted by Crippen LogP contribution is 2.42. The fourth-order valence-electron chi connectivity index (χ4n) is 4.40. The van der Waals surface area contributed by atoms with E-state index in [0.29, 0.717) is 11.0 Å². The van der Waals surface area contributed by atoms with Crippen molar-refractivity contribution in [3.05, 3.63) is 86.0 Å². The predicted molar refractivity (Wildman–Crippen MR) is 135 cm³/mol. The van der Waals surface area contributed by atoms with Crippen molar-refractivity contribution in [2.45, 2.75) is 52.5 Å². The zero-order valence-electron chi connectivity index (χ0n) is 20.3. The molecular weight excluding hydrogens is 465 g/mol. The minimum Gasteiger partial charge on any atom is -0.450 e. The lowest BCUT2D eigenvalue weighted by Crippen LogP contribution is -2.29. The van der Waals surface area contributed by atoms with Crippen LogP contribution in [0.4, 0.5) is 9.52 Å². The smallest absolute Gasteiger partial charge is 0.297 e. The van der Waals surface area contributed by atoms with Crippen LogP contribution in [-0.2, 0) is 11.8 Å². The molecule has 3 heterocycles. The molecule has 8 heteroatoms. The molecule has 35 heavy (non-hydrogen) atoms. The Labute approximate surface area is 206 Å². The molecule has 1 amide bonds. The van der Waals surface area contributed by atoms with Crippen molar-refractivity contribution < 1.29 is 13.6 Å². The zero-order chi connectivity index (χ0) is 25.1. The third-order valence-electron chi connectivity index (χ3n) is 6.17. The summed E-state index contributed by atoms with van der Waals surface area (Å²) in [6, 6.07) is 10.8. The molecule has 1 aliphatic heterocycles. The lowest BCUT2D eigenvalue weighted by molar-refractivity contribution is 0.0970. The minimum atomic E-state index is -0.754. The lowest BCUT2D eigenvalue weighted by Gasteiger charge is -2.24. The third kappa shape index (κ3) is 4.05. The van der Waals surface area contributed by atoms with Gasteiger partial charge < -0.3 is 4.42 Å². The molecule has 5 rings (SSSR count). The van der Waals surface area contributed by atoms with Gasteiger partial charge >= 0.3 is 0 Å². The standard InChI is InChI=1S/C27H26FN3O3S/c1-14(2)12-20-29-30-26(35-20)31-22(15-6-8-16(9-7-15)27(3,4)5)21-23(32)18-13-17(28)10-11-19(18)34-24(21)25(31)33/h6-11,13-14,22H,12H2,1-5H3/t22-/m0/s1. The topological polar surface area (TPSA) is 76.3 Å². The maximum Gasteiger partial charge on any atom is 0.297 e. The first-order chi connectivity index (χ1) is 16.5. The van der Waals surface area contributed by atoms with E-state index in [2.05, 4.69) is 44.8 Å². The zero-order valence-corrected chi connectivity index (χ0v) is 21.1. The minimum absolute atomic E-state index is 0.0420. The molecular formula is C27H26FN3O3S. The SMILES string of the molecule is CC(C)Cc1nnc(N2C(=O)c3oc4ccc(F)cc4c(=O)c3[C@@H]2c2ccc(C(C)(C)C)cc2)s1. The number of halogens is 1. The average Bonchev–Trinajstić information content (AvgIpc) is 3.35. The number of rotatable bonds is 4. The van der Waals surface area contributed by atoms with Crippen molar-refractivity contribution in [1.29, 1.82) is 0 Å². The van der Waals surface area contributed by atoms with Gasteiger partial charge in [0.2, 0.25) is 10.9 Å². The van der Waals surface area contributed by atoms with Crippen LogP contribution in [0.15, 0.2) is 51.7 Å². The van der Waals surface area contributed by atoms with Crippen LogP contribution in [0.2, 0.25) is 0 Å². The highest BCUT2D eigenvalue weighted by atomic mass is 32.1. The first-order valence-corrected chi connectivity index (χ1v) is 12.4. The molecule has 2 aromatic heterocycles. The molecule has 0 radical (unpaired) electrons. The third-order valence-corrected chi connectivity index (χ3v) is 7.11. The average molecular weight is 492 g/mol. The Hall–Kier alpha value is -3.39. The van der Waals surface area contributed by atoms with E-state index in [-0.39, 0.29) is 27.7 Å². The van der Waals surface area contributed by atoms with E-state index in [9.17, 15) is 14.0 Å². The molecule has 1 atom stereocenters. The number of anilines is 1. The van der Waals surface area contributed by atoms with E-state index < -0.39 is 23.2 Å². The van der Waals surface area contributed by atoms with E-state index in [4.69, 9.17) is 4.42 Å². The molecule has 6 nitrogen and oxygen atoms in total. The van der Waals surface area contributed by atoms with E-state index >= 15 is 0 Å². The maximum absolute atomic E-state index is 14.0. The van der Waals surface area contributed by atoms with Crippen LogP contribution in [0, 0.1) is 11.7 Å². The van der Waals surface area contributed by atoms with Gasteiger partial charge in [-0.1, -0.05) is 70.2 Å². The Morgan fingerprint density at radius 1 is 1.09 bits per heavy atom. The molecule has 0 spiro atoms. The Bertz CT molecular complexity index is 1500. The summed E-state index contributed by atoms with van der Waals surface area (Å²) in [4.78, 5) is 28.8. The molecule has 2 aromatic carbocycles. The van der Waals surface area contributed by atoms with Crippen molar-refractivity contribution in [2.75, 3.05) is 4.90 Å². The van der Waals surface area contributed by atoms with Gasteiger partial charge in [0.25, 0.3) is 5.91 Å². The largest absolute Gasteiger partial charge is 0.450 e. The molecule has 0 unspecified atom stereocenters. The van der Waals surface area contributed by atoms with Crippen molar-refractivity contribution in [3.8, 4) is 0 Å². The van der Waals surface area contributed by atoms with Crippen molar-refractivity contribution in [3.63, 3.8) is 0 Å². The fraction of sp³-hybridized carbons (Fsp3) is 0.333. The Balaban J connectivity index is 1.72. The van der Waals surface area contributed by atoms with Gasteiger partial charge in [0.1, 0.15) is 16.4 Å². The Morgan fingerprint density at radius 3 is 2.46 bits per heavy atom. The highest BCUT2D eigenvalue weighted by molar-refractivity contribution is 7.15. The normalized spacial score (nSPS) is 15.9. The van der Waals surface area contributed by atoms with E-state index in [0.717, 1.165) is 28.6 Å². The van der Waals surface area contributed by atoms with Crippen LogP contribution < -0.4 is 10.3 Å². The summed E-state index contributed by atoms with van der Waals surface area (Å²) in [6.45, 7) is 10.5. The molecule has 0 aliphatic carbocycles. The monoisotopic (exact) mass is 491 g/mol. The van der Waals surface area contributed by atoms with Crippen LogP contribution in [-0.4, -0.2) is 16.1 Å². The number of carbonyl (C=O) groups excluding carboxylic acids is 1.